The van der Waals surface area contributed by atoms with Crippen LogP contribution in [-0.2, 0) is 0 Å². The molecule has 1 aliphatic rings. The minimum absolute atomic E-state index is 0.0435. The first kappa shape index (κ1) is 19.8. The van der Waals surface area contributed by atoms with Crippen LogP contribution in [0.2, 0.25) is 5.02 Å². The van der Waals surface area contributed by atoms with Crippen molar-refractivity contribution < 1.29 is 28.0 Å². The Morgan fingerprint density at radius 2 is 1.75 bits per heavy atom. The third kappa shape index (κ3) is 3.43. The van der Waals surface area contributed by atoms with Gasteiger partial charge in [-0.15, -0.1) is 0 Å². The predicted molar refractivity (Wildman–Crippen MR) is 92.9 cm³/mol. The number of nitrogens with zero attached hydrogens (tertiary/aromatic N) is 3. The molecule has 1 aliphatic heterocycles. The number of nitro benzene ring substituents is 1. The number of amides is 1. The summed E-state index contributed by atoms with van der Waals surface area (Å²) in [6, 6.07) is 9.63. The van der Waals surface area contributed by atoms with Crippen LogP contribution >= 0.6 is 11.6 Å². The van der Waals surface area contributed by atoms with Crippen LogP contribution in [0.1, 0.15) is 22.3 Å². The fourth-order valence-corrected chi connectivity index (χ4v) is 2.76. The first-order valence-corrected chi connectivity index (χ1v) is 8.12. The third-order valence-electron chi connectivity index (χ3n) is 4.13. The summed E-state index contributed by atoms with van der Waals surface area (Å²) in [6.07, 6.45) is -6.17. The molecule has 28 heavy (non-hydrogen) atoms. The van der Waals surface area contributed by atoms with Crippen LogP contribution in [0, 0.1) is 10.1 Å². The minimum Gasteiger partial charge on any atom is -0.362 e. The lowest BCUT2D eigenvalue weighted by atomic mass is 10.0. The number of hydrazone groups is 1. The van der Waals surface area contributed by atoms with Crippen molar-refractivity contribution in [3.63, 3.8) is 0 Å². The number of carbonyl (C=O) groups is 1. The van der Waals surface area contributed by atoms with Crippen LogP contribution in [0.4, 0.5) is 18.9 Å². The fraction of sp³-hybridized carbons (Fsp3) is 0.176. The molecule has 7 nitrogen and oxygen atoms in total. The highest BCUT2D eigenvalue weighted by molar-refractivity contribution is 6.30. The molecule has 0 saturated carbocycles. The van der Waals surface area contributed by atoms with Gasteiger partial charge in [0.2, 0.25) is 0 Å². The molecule has 0 aliphatic carbocycles. The Bertz CT molecular complexity index is 961. The van der Waals surface area contributed by atoms with Crippen molar-refractivity contribution in [1.82, 2.24) is 5.01 Å². The number of non-ortho nitro benzene ring substituents is 1. The van der Waals surface area contributed by atoms with Crippen molar-refractivity contribution in [3.8, 4) is 0 Å². The molecule has 1 amide bonds. The summed E-state index contributed by atoms with van der Waals surface area (Å²) in [7, 11) is 0. The van der Waals surface area contributed by atoms with Crippen molar-refractivity contribution in [2.24, 2.45) is 5.10 Å². The van der Waals surface area contributed by atoms with Crippen LogP contribution in [0.15, 0.2) is 53.6 Å². The molecule has 1 heterocycles. The monoisotopic (exact) mass is 413 g/mol. The number of carbonyl (C=O) groups excluding carboxylic acids is 1. The van der Waals surface area contributed by atoms with E-state index in [1.165, 1.54) is 24.3 Å². The van der Waals surface area contributed by atoms with E-state index in [1.54, 1.807) is 0 Å². The molecule has 3 rings (SSSR count). The molecular weight excluding hydrogens is 403 g/mol. The molecule has 0 radical (unpaired) electrons. The molecule has 11 heteroatoms. The van der Waals surface area contributed by atoms with Gasteiger partial charge in [-0.05, 0) is 29.8 Å². The Kier molecular flexibility index (Phi) is 4.86. The molecular formula is C17H11ClF3N3O4. The Hall–Kier alpha value is -2.98. The average Bonchev–Trinajstić information content (AvgIpc) is 3.00. The Labute approximate surface area is 160 Å². The fourth-order valence-electron chi connectivity index (χ4n) is 2.63. The van der Waals surface area contributed by atoms with Gasteiger partial charge in [0.1, 0.15) is 0 Å². The van der Waals surface area contributed by atoms with Gasteiger partial charge in [0.05, 0.1) is 17.1 Å². The van der Waals surface area contributed by atoms with Crippen molar-refractivity contribution >= 4 is 28.9 Å². The van der Waals surface area contributed by atoms with E-state index in [1.807, 2.05) is 0 Å². The van der Waals surface area contributed by atoms with Gasteiger partial charge in [-0.3, -0.25) is 14.9 Å². The highest BCUT2D eigenvalue weighted by atomic mass is 35.5. The van der Waals surface area contributed by atoms with Crippen molar-refractivity contribution in [3.05, 3.63) is 74.8 Å². The highest BCUT2D eigenvalue weighted by Crippen LogP contribution is 2.42. The number of alkyl halides is 3. The number of rotatable bonds is 3. The number of benzene rings is 2. The Balaban J connectivity index is 2.01. The molecule has 2 aromatic carbocycles. The van der Waals surface area contributed by atoms with Gasteiger partial charge >= 0.3 is 6.18 Å². The summed E-state index contributed by atoms with van der Waals surface area (Å²) in [5.41, 5.74) is -4.09. The van der Waals surface area contributed by atoms with Gasteiger partial charge in [0, 0.05) is 22.7 Å². The number of aliphatic hydroxyl groups is 1. The van der Waals surface area contributed by atoms with E-state index in [0.717, 1.165) is 24.3 Å². The molecule has 0 spiro atoms. The maximum Gasteiger partial charge on any atom is 0.438 e. The van der Waals surface area contributed by atoms with E-state index in [9.17, 15) is 33.2 Å². The van der Waals surface area contributed by atoms with E-state index in [0.29, 0.717) is 5.02 Å². The third-order valence-corrected chi connectivity index (χ3v) is 4.39. The number of nitro groups is 1. The molecule has 0 unspecified atom stereocenters. The van der Waals surface area contributed by atoms with Crippen LogP contribution < -0.4 is 0 Å². The molecule has 0 aromatic heterocycles. The predicted octanol–water partition coefficient (Wildman–Crippen LogP) is 3.75. The van der Waals surface area contributed by atoms with Crippen LogP contribution in [0.25, 0.3) is 0 Å². The molecule has 0 fully saturated rings. The van der Waals surface area contributed by atoms with Crippen molar-refractivity contribution in [2.75, 3.05) is 0 Å². The van der Waals surface area contributed by atoms with Gasteiger partial charge in [-0.2, -0.15) is 23.3 Å². The van der Waals surface area contributed by atoms with E-state index in [4.69, 9.17) is 11.6 Å². The quantitative estimate of drug-likeness (QED) is 0.612. The lowest BCUT2D eigenvalue weighted by Crippen LogP contribution is -2.56. The molecule has 0 saturated heterocycles. The maximum atomic E-state index is 13.6. The van der Waals surface area contributed by atoms with Crippen molar-refractivity contribution in [1.29, 1.82) is 0 Å². The second kappa shape index (κ2) is 6.88. The number of halogens is 4. The molecule has 146 valence electrons. The molecule has 1 N–H and O–H groups in total. The minimum atomic E-state index is -5.19. The average molecular weight is 414 g/mol. The summed E-state index contributed by atoms with van der Waals surface area (Å²) >= 11 is 5.76. The zero-order valence-corrected chi connectivity index (χ0v) is 14.6. The van der Waals surface area contributed by atoms with E-state index < -0.39 is 29.2 Å². The lowest BCUT2D eigenvalue weighted by molar-refractivity contribution is -0.384. The second-order valence-corrected chi connectivity index (χ2v) is 6.40. The second-order valence-electron chi connectivity index (χ2n) is 5.97. The smallest absolute Gasteiger partial charge is 0.362 e. The summed E-state index contributed by atoms with van der Waals surface area (Å²) < 4.78 is 40.7. The first-order valence-electron chi connectivity index (χ1n) is 7.74. The van der Waals surface area contributed by atoms with E-state index in [2.05, 4.69) is 5.10 Å². The Morgan fingerprint density at radius 1 is 1.18 bits per heavy atom. The largest absolute Gasteiger partial charge is 0.438 e. The number of hydrogen-bond donors (Lipinski definition) is 1. The maximum absolute atomic E-state index is 13.6. The summed E-state index contributed by atoms with van der Waals surface area (Å²) in [5.74, 6) is -1.25. The van der Waals surface area contributed by atoms with Crippen molar-refractivity contribution in [2.45, 2.75) is 18.3 Å². The summed E-state index contributed by atoms with van der Waals surface area (Å²) in [5, 5.41) is 25.0. The first-order chi connectivity index (χ1) is 13.0. The normalized spacial score (nSPS) is 19.5. The zero-order valence-electron chi connectivity index (χ0n) is 13.9. The van der Waals surface area contributed by atoms with Crippen LogP contribution in [-0.4, -0.2) is 38.6 Å². The zero-order chi connectivity index (χ0) is 20.7. The van der Waals surface area contributed by atoms with Gasteiger partial charge in [-0.25, -0.2) is 0 Å². The number of hydrogen-bond acceptors (Lipinski definition) is 5. The van der Waals surface area contributed by atoms with Gasteiger partial charge in [-0.1, -0.05) is 23.7 Å². The van der Waals surface area contributed by atoms with Crippen LogP contribution in [0.5, 0.6) is 0 Å². The lowest BCUT2D eigenvalue weighted by Gasteiger charge is -2.32. The van der Waals surface area contributed by atoms with E-state index in [-0.39, 0.29) is 27.5 Å². The molecule has 0 bridgehead atoms. The van der Waals surface area contributed by atoms with Crippen LogP contribution in [0.3, 0.4) is 0 Å². The SMILES string of the molecule is O=C(c1ccc([N+](=O)[O-])cc1)N1N=C(c2ccc(Cl)cc2)C[C@]1(O)C(F)(F)F. The van der Waals surface area contributed by atoms with Gasteiger partial charge < -0.3 is 5.11 Å². The summed E-state index contributed by atoms with van der Waals surface area (Å²) in [4.78, 5) is 22.6. The van der Waals surface area contributed by atoms with Gasteiger partial charge in [0.15, 0.2) is 0 Å². The standard InChI is InChI=1S/C17H11ClF3N3O4/c18-12-5-1-10(2-6-12)14-9-16(26,17(19,20)21)23(22-14)15(25)11-3-7-13(8-4-11)24(27)28/h1-8,26H,9H2/t16-/m0/s1. The molecule has 1 atom stereocenters. The summed E-state index contributed by atoms with van der Waals surface area (Å²) in [6.45, 7) is 0. The van der Waals surface area contributed by atoms with Gasteiger partial charge in [0.25, 0.3) is 17.3 Å². The highest BCUT2D eigenvalue weighted by Gasteiger charge is 2.63. The topological polar surface area (TPSA) is 96.0 Å². The van der Waals surface area contributed by atoms with E-state index >= 15 is 0 Å². The Morgan fingerprint density at radius 3 is 2.25 bits per heavy atom. The molecule has 2 aromatic rings.